The molecule has 0 aromatic heterocycles. The molecular weight excluding hydrogens is 182 g/mol. The minimum Gasteiger partial charge on any atom is -0.409 e. The molecule has 0 aromatic rings. The first-order chi connectivity index (χ1) is 6.66. The fourth-order valence-corrected chi connectivity index (χ4v) is 0.936. The molecule has 14 heavy (non-hydrogen) atoms. The number of amidine groups is 1. The Hall–Kier alpha value is -0.810. The van der Waals surface area contributed by atoms with Gasteiger partial charge in [-0.05, 0) is 26.8 Å². The van der Waals surface area contributed by atoms with Gasteiger partial charge in [0.25, 0.3) is 0 Å². The molecule has 5 heteroatoms. The van der Waals surface area contributed by atoms with Crippen LogP contribution in [0.1, 0.15) is 26.7 Å². The second kappa shape index (κ2) is 8.77. The van der Waals surface area contributed by atoms with Gasteiger partial charge in [0.05, 0.1) is 12.7 Å². The molecular formula is C9H21N3O2. The van der Waals surface area contributed by atoms with Crippen LogP contribution in [-0.4, -0.2) is 36.8 Å². The van der Waals surface area contributed by atoms with Crippen LogP contribution >= 0.6 is 0 Å². The van der Waals surface area contributed by atoms with E-state index in [4.69, 9.17) is 15.7 Å². The highest BCUT2D eigenvalue weighted by atomic mass is 16.5. The van der Waals surface area contributed by atoms with Crippen LogP contribution in [0.25, 0.3) is 0 Å². The van der Waals surface area contributed by atoms with E-state index < -0.39 is 0 Å². The Labute approximate surface area is 85.3 Å². The highest BCUT2D eigenvalue weighted by Crippen LogP contribution is 1.87. The van der Waals surface area contributed by atoms with Crippen LogP contribution < -0.4 is 11.1 Å². The predicted octanol–water partition coefficient (Wildman–Crippen LogP) is 0.528. The maximum atomic E-state index is 8.26. The maximum absolute atomic E-state index is 8.26. The first-order valence-electron chi connectivity index (χ1n) is 4.95. The van der Waals surface area contributed by atoms with E-state index in [-0.39, 0.29) is 11.9 Å². The summed E-state index contributed by atoms with van der Waals surface area (Å²) in [6.45, 7) is 6.45. The van der Waals surface area contributed by atoms with E-state index in [0.29, 0.717) is 6.42 Å². The molecule has 0 saturated heterocycles. The normalized spacial score (nSPS) is 12.4. The Morgan fingerprint density at radius 3 is 2.79 bits per heavy atom. The summed E-state index contributed by atoms with van der Waals surface area (Å²) in [6, 6.07) is 0. The number of hydrogen-bond donors (Lipinski definition) is 3. The van der Waals surface area contributed by atoms with Crippen molar-refractivity contribution in [2.75, 3.05) is 19.7 Å². The average Bonchev–Trinajstić information content (AvgIpc) is 2.15. The van der Waals surface area contributed by atoms with Crippen LogP contribution in [0.15, 0.2) is 5.16 Å². The quantitative estimate of drug-likeness (QED) is 0.177. The molecule has 4 N–H and O–H groups in total. The van der Waals surface area contributed by atoms with Crippen molar-refractivity contribution in [3.05, 3.63) is 0 Å². The van der Waals surface area contributed by atoms with E-state index in [1.807, 2.05) is 13.8 Å². The van der Waals surface area contributed by atoms with Crippen molar-refractivity contribution in [2.24, 2.45) is 10.9 Å². The summed E-state index contributed by atoms with van der Waals surface area (Å²) in [5.41, 5.74) is 5.30. The molecule has 0 atom stereocenters. The van der Waals surface area contributed by atoms with Crippen molar-refractivity contribution in [1.29, 1.82) is 0 Å². The van der Waals surface area contributed by atoms with Gasteiger partial charge in [-0.15, -0.1) is 0 Å². The molecule has 0 unspecified atom stereocenters. The highest BCUT2D eigenvalue weighted by molar-refractivity contribution is 5.79. The van der Waals surface area contributed by atoms with Crippen molar-refractivity contribution in [1.82, 2.24) is 5.32 Å². The third-order valence-electron chi connectivity index (χ3n) is 1.64. The molecule has 5 nitrogen and oxygen atoms in total. The van der Waals surface area contributed by atoms with Crippen LogP contribution in [0.4, 0.5) is 0 Å². The number of nitrogens with zero attached hydrogens (tertiary/aromatic N) is 1. The minimum atomic E-state index is 0.283. The molecule has 0 rings (SSSR count). The largest absolute Gasteiger partial charge is 0.409 e. The van der Waals surface area contributed by atoms with Gasteiger partial charge in [0.15, 0.2) is 0 Å². The summed E-state index contributed by atoms with van der Waals surface area (Å²) in [7, 11) is 0. The number of nitrogens with one attached hydrogen (secondary N) is 1. The first kappa shape index (κ1) is 13.2. The molecule has 0 heterocycles. The van der Waals surface area contributed by atoms with Gasteiger partial charge in [-0.2, -0.15) is 0 Å². The standard InChI is InChI=1S/C9H21N3O2/c1-8(2)14-7-6-11-5-3-4-9(10)12-13/h8,11,13H,3-7H2,1-2H3,(H2,10,12). The van der Waals surface area contributed by atoms with E-state index in [1.165, 1.54) is 0 Å². The molecule has 0 aliphatic carbocycles. The summed E-state index contributed by atoms with van der Waals surface area (Å²) in [4.78, 5) is 0. The summed E-state index contributed by atoms with van der Waals surface area (Å²) in [5, 5.41) is 14.3. The van der Waals surface area contributed by atoms with Crippen LogP contribution in [0.2, 0.25) is 0 Å². The molecule has 0 aromatic carbocycles. The van der Waals surface area contributed by atoms with Crippen LogP contribution in [0, 0.1) is 0 Å². The molecule has 84 valence electrons. The molecule has 0 aliphatic heterocycles. The fraction of sp³-hybridized carbons (Fsp3) is 0.889. The molecule has 0 amide bonds. The van der Waals surface area contributed by atoms with Crippen molar-refractivity contribution in [3.8, 4) is 0 Å². The Morgan fingerprint density at radius 1 is 1.50 bits per heavy atom. The maximum Gasteiger partial charge on any atom is 0.139 e. The van der Waals surface area contributed by atoms with Crippen LogP contribution in [-0.2, 0) is 4.74 Å². The molecule has 0 bridgehead atoms. The van der Waals surface area contributed by atoms with Gasteiger partial charge >= 0.3 is 0 Å². The molecule has 0 radical (unpaired) electrons. The zero-order valence-electron chi connectivity index (χ0n) is 8.99. The highest BCUT2D eigenvalue weighted by Gasteiger charge is 1.94. The zero-order chi connectivity index (χ0) is 10.8. The van der Waals surface area contributed by atoms with Crippen LogP contribution in [0.3, 0.4) is 0 Å². The molecule has 0 fully saturated rings. The van der Waals surface area contributed by atoms with Gasteiger partial charge in [-0.3, -0.25) is 0 Å². The summed E-state index contributed by atoms with van der Waals surface area (Å²) in [6.07, 6.45) is 1.78. The van der Waals surface area contributed by atoms with Gasteiger partial charge in [0.2, 0.25) is 0 Å². The van der Waals surface area contributed by atoms with E-state index in [2.05, 4.69) is 10.5 Å². The average molecular weight is 203 g/mol. The van der Waals surface area contributed by atoms with E-state index in [0.717, 1.165) is 26.1 Å². The van der Waals surface area contributed by atoms with Crippen molar-refractivity contribution >= 4 is 5.84 Å². The Kier molecular flexibility index (Phi) is 8.27. The summed E-state index contributed by atoms with van der Waals surface area (Å²) >= 11 is 0. The number of ether oxygens (including phenoxy) is 1. The number of hydrogen-bond acceptors (Lipinski definition) is 4. The minimum absolute atomic E-state index is 0.283. The predicted molar refractivity (Wildman–Crippen MR) is 56.6 cm³/mol. The molecule has 0 saturated carbocycles. The molecule has 0 spiro atoms. The lowest BCUT2D eigenvalue weighted by Gasteiger charge is -2.08. The van der Waals surface area contributed by atoms with Gasteiger partial charge in [-0.25, -0.2) is 0 Å². The first-order valence-corrected chi connectivity index (χ1v) is 4.95. The monoisotopic (exact) mass is 203 g/mol. The fourth-order valence-electron chi connectivity index (χ4n) is 0.936. The topological polar surface area (TPSA) is 79.9 Å². The number of oxime groups is 1. The van der Waals surface area contributed by atoms with Crippen LogP contribution in [0.5, 0.6) is 0 Å². The number of nitrogens with two attached hydrogens (primary N) is 1. The van der Waals surface area contributed by atoms with E-state index in [1.54, 1.807) is 0 Å². The lowest BCUT2D eigenvalue weighted by atomic mass is 10.3. The zero-order valence-corrected chi connectivity index (χ0v) is 8.99. The number of rotatable bonds is 8. The van der Waals surface area contributed by atoms with E-state index >= 15 is 0 Å². The van der Waals surface area contributed by atoms with Crippen molar-refractivity contribution < 1.29 is 9.94 Å². The SMILES string of the molecule is CC(C)OCCNCCCC(N)=NO. The lowest BCUT2D eigenvalue weighted by Crippen LogP contribution is -2.23. The van der Waals surface area contributed by atoms with Crippen molar-refractivity contribution in [3.63, 3.8) is 0 Å². The lowest BCUT2D eigenvalue weighted by molar-refractivity contribution is 0.0809. The second-order valence-electron chi connectivity index (χ2n) is 3.36. The molecule has 0 aliphatic rings. The van der Waals surface area contributed by atoms with Gasteiger partial charge in [0.1, 0.15) is 5.84 Å². The third kappa shape index (κ3) is 9.28. The van der Waals surface area contributed by atoms with Gasteiger partial charge in [-0.1, -0.05) is 5.16 Å². The van der Waals surface area contributed by atoms with Crippen molar-refractivity contribution in [2.45, 2.75) is 32.8 Å². The Bertz CT molecular complexity index is 160. The Morgan fingerprint density at radius 2 is 2.21 bits per heavy atom. The third-order valence-corrected chi connectivity index (χ3v) is 1.64. The summed E-state index contributed by atoms with van der Waals surface area (Å²) < 4.78 is 5.34. The smallest absolute Gasteiger partial charge is 0.139 e. The summed E-state index contributed by atoms with van der Waals surface area (Å²) in [5.74, 6) is 0.283. The van der Waals surface area contributed by atoms with E-state index in [9.17, 15) is 0 Å². The second-order valence-corrected chi connectivity index (χ2v) is 3.36. The Balaban J connectivity index is 3.07. The van der Waals surface area contributed by atoms with Gasteiger partial charge < -0.3 is 21.0 Å². The van der Waals surface area contributed by atoms with Gasteiger partial charge in [0, 0.05) is 13.0 Å².